The number of hydrogen-bond acceptors (Lipinski definition) is 4. The van der Waals surface area contributed by atoms with Gasteiger partial charge in [-0.2, -0.15) is 10.4 Å². The molecule has 2 aromatic rings. The highest BCUT2D eigenvalue weighted by atomic mass is 15.4. The molecule has 0 unspecified atom stereocenters. The van der Waals surface area contributed by atoms with Crippen molar-refractivity contribution in [1.82, 2.24) is 9.78 Å². The maximum Gasteiger partial charge on any atom is 0.170 e. The van der Waals surface area contributed by atoms with Gasteiger partial charge in [0, 0.05) is 14.1 Å². The first-order valence-corrected chi connectivity index (χ1v) is 6.02. The van der Waals surface area contributed by atoms with Crippen LogP contribution < -0.4 is 10.6 Å². The van der Waals surface area contributed by atoms with Crippen molar-refractivity contribution in [2.45, 2.75) is 13.5 Å². The molecule has 1 aromatic heterocycles. The fourth-order valence-corrected chi connectivity index (χ4v) is 1.99. The van der Waals surface area contributed by atoms with Crippen molar-refractivity contribution in [2.75, 3.05) is 24.7 Å². The fourth-order valence-electron chi connectivity index (χ4n) is 1.99. The normalized spacial score (nSPS) is 10.2. The van der Waals surface area contributed by atoms with Crippen molar-refractivity contribution >= 4 is 11.6 Å². The van der Waals surface area contributed by atoms with Gasteiger partial charge < -0.3 is 10.6 Å². The third-order valence-corrected chi connectivity index (χ3v) is 2.92. The lowest BCUT2D eigenvalue weighted by Crippen LogP contribution is -2.11. The summed E-state index contributed by atoms with van der Waals surface area (Å²) < 4.78 is 1.67. The minimum atomic E-state index is 0.410. The van der Waals surface area contributed by atoms with Crippen molar-refractivity contribution in [1.29, 1.82) is 5.26 Å². The molecule has 98 valence electrons. The number of anilines is 2. The first kappa shape index (κ1) is 13.0. The molecule has 0 aliphatic carbocycles. The lowest BCUT2D eigenvalue weighted by molar-refractivity contribution is 0.694. The van der Waals surface area contributed by atoms with Gasteiger partial charge in [-0.05, 0) is 12.5 Å². The smallest absolute Gasteiger partial charge is 0.170 e. The van der Waals surface area contributed by atoms with Crippen LogP contribution in [0.2, 0.25) is 0 Å². The predicted octanol–water partition coefficient (Wildman–Crippen LogP) is 1.76. The van der Waals surface area contributed by atoms with Gasteiger partial charge in [0.05, 0.1) is 6.54 Å². The van der Waals surface area contributed by atoms with Crippen LogP contribution in [0.25, 0.3) is 0 Å². The quantitative estimate of drug-likeness (QED) is 0.907. The van der Waals surface area contributed by atoms with Gasteiger partial charge in [0.25, 0.3) is 0 Å². The molecule has 0 aliphatic heterocycles. The zero-order valence-corrected chi connectivity index (χ0v) is 11.4. The molecule has 5 nitrogen and oxygen atoms in total. The van der Waals surface area contributed by atoms with Gasteiger partial charge in [-0.25, -0.2) is 4.68 Å². The molecule has 1 aromatic carbocycles. The van der Waals surface area contributed by atoms with Gasteiger partial charge in [-0.3, -0.25) is 0 Å². The van der Waals surface area contributed by atoms with Crippen molar-refractivity contribution < 1.29 is 0 Å². The fraction of sp³-hybridized carbons (Fsp3) is 0.286. The van der Waals surface area contributed by atoms with E-state index in [1.807, 2.05) is 39.2 Å². The second-order valence-electron chi connectivity index (χ2n) is 4.74. The predicted molar refractivity (Wildman–Crippen MR) is 76.0 cm³/mol. The summed E-state index contributed by atoms with van der Waals surface area (Å²) in [5.74, 6) is 1.01. The Labute approximate surface area is 112 Å². The molecule has 19 heavy (non-hydrogen) atoms. The third-order valence-electron chi connectivity index (χ3n) is 2.92. The standard InChI is InChI=1S/C14H17N5/c1-10-5-4-6-11(7-10)9-19-13(16)12(8-15)14(17-19)18(2)3/h4-7H,9,16H2,1-3H3. The zero-order valence-electron chi connectivity index (χ0n) is 11.4. The molecule has 1 heterocycles. The lowest BCUT2D eigenvalue weighted by atomic mass is 10.1. The summed E-state index contributed by atoms with van der Waals surface area (Å²) in [6.07, 6.45) is 0. The number of rotatable bonds is 3. The van der Waals surface area contributed by atoms with E-state index < -0.39 is 0 Å². The van der Waals surface area contributed by atoms with E-state index in [4.69, 9.17) is 11.0 Å². The highest BCUT2D eigenvalue weighted by Gasteiger charge is 2.16. The molecule has 0 fully saturated rings. The monoisotopic (exact) mass is 255 g/mol. The maximum absolute atomic E-state index is 9.16. The molecule has 0 amide bonds. The molecule has 0 bridgehead atoms. The molecular formula is C14H17N5. The number of nitrogen functional groups attached to an aromatic ring is 1. The minimum Gasteiger partial charge on any atom is -0.383 e. The molecule has 0 saturated heterocycles. The number of hydrogen-bond donors (Lipinski definition) is 1. The van der Waals surface area contributed by atoms with Crippen molar-refractivity contribution in [3.05, 3.63) is 41.0 Å². The van der Waals surface area contributed by atoms with Gasteiger partial charge >= 0.3 is 0 Å². The number of nitriles is 1. The second kappa shape index (κ2) is 5.02. The van der Waals surface area contributed by atoms with E-state index in [0.717, 1.165) is 5.56 Å². The molecule has 0 radical (unpaired) electrons. The number of aryl methyl sites for hydroxylation is 1. The summed E-state index contributed by atoms with van der Waals surface area (Å²) in [5.41, 5.74) is 8.72. The van der Waals surface area contributed by atoms with Gasteiger partial charge in [-0.15, -0.1) is 0 Å². The van der Waals surface area contributed by atoms with E-state index in [1.165, 1.54) is 5.56 Å². The summed E-state index contributed by atoms with van der Waals surface area (Å²) in [5, 5.41) is 13.6. The van der Waals surface area contributed by atoms with Crippen molar-refractivity contribution in [2.24, 2.45) is 0 Å². The highest BCUT2D eigenvalue weighted by Crippen LogP contribution is 2.23. The lowest BCUT2D eigenvalue weighted by Gasteiger charge is -2.07. The Balaban J connectivity index is 2.39. The van der Waals surface area contributed by atoms with Crippen LogP contribution in [0, 0.1) is 18.3 Å². The molecule has 5 heteroatoms. The molecular weight excluding hydrogens is 238 g/mol. The van der Waals surface area contributed by atoms with E-state index in [1.54, 1.807) is 9.58 Å². The second-order valence-corrected chi connectivity index (χ2v) is 4.74. The summed E-state index contributed by atoms with van der Waals surface area (Å²) in [6, 6.07) is 10.3. The summed E-state index contributed by atoms with van der Waals surface area (Å²) in [4.78, 5) is 1.79. The molecule has 2 rings (SSSR count). The number of nitrogens with zero attached hydrogens (tertiary/aromatic N) is 4. The Kier molecular flexibility index (Phi) is 3.43. The summed E-state index contributed by atoms with van der Waals surface area (Å²) >= 11 is 0. The Morgan fingerprint density at radius 2 is 2.16 bits per heavy atom. The Morgan fingerprint density at radius 1 is 1.42 bits per heavy atom. The van der Waals surface area contributed by atoms with Gasteiger partial charge in [0.1, 0.15) is 17.5 Å². The van der Waals surface area contributed by atoms with E-state index in [2.05, 4.69) is 17.2 Å². The van der Waals surface area contributed by atoms with Crippen LogP contribution in [-0.4, -0.2) is 23.9 Å². The van der Waals surface area contributed by atoms with Crippen LogP contribution in [0.1, 0.15) is 16.7 Å². The SMILES string of the molecule is Cc1cccc(Cn2nc(N(C)C)c(C#N)c2N)c1. The molecule has 2 N–H and O–H groups in total. The first-order valence-electron chi connectivity index (χ1n) is 6.02. The van der Waals surface area contributed by atoms with Crippen LogP contribution in [0.15, 0.2) is 24.3 Å². The molecule has 0 atom stereocenters. The van der Waals surface area contributed by atoms with Crippen LogP contribution in [-0.2, 0) is 6.54 Å². The Morgan fingerprint density at radius 3 is 2.68 bits per heavy atom. The zero-order chi connectivity index (χ0) is 14.0. The highest BCUT2D eigenvalue weighted by molar-refractivity contribution is 5.64. The number of benzene rings is 1. The van der Waals surface area contributed by atoms with Crippen molar-refractivity contribution in [3.63, 3.8) is 0 Å². The topological polar surface area (TPSA) is 70.9 Å². The Hall–Kier alpha value is -2.48. The van der Waals surface area contributed by atoms with E-state index in [-0.39, 0.29) is 0 Å². The van der Waals surface area contributed by atoms with Crippen LogP contribution in [0.5, 0.6) is 0 Å². The van der Waals surface area contributed by atoms with Crippen molar-refractivity contribution in [3.8, 4) is 6.07 Å². The van der Waals surface area contributed by atoms with Crippen LogP contribution in [0.4, 0.5) is 11.6 Å². The number of aromatic nitrogens is 2. The first-order chi connectivity index (χ1) is 9.02. The molecule has 0 aliphatic rings. The van der Waals surface area contributed by atoms with E-state index >= 15 is 0 Å². The summed E-state index contributed by atoms with van der Waals surface area (Å²) in [6.45, 7) is 2.61. The summed E-state index contributed by atoms with van der Waals surface area (Å²) in [7, 11) is 3.69. The third kappa shape index (κ3) is 2.52. The average Bonchev–Trinajstić information content (AvgIpc) is 2.66. The number of nitrogens with two attached hydrogens (primary N) is 1. The van der Waals surface area contributed by atoms with Gasteiger partial charge in [0.2, 0.25) is 0 Å². The van der Waals surface area contributed by atoms with E-state index in [0.29, 0.717) is 23.7 Å². The largest absolute Gasteiger partial charge is 0.383 e. The average molecular weight is 255 g/mol. The van der Waals surface area contributed by atoms with Crippen LogP contribution in [0.3, 0.4) is 0 Å². The molecule has 0 spiro atoms. The molecule has 0 saturated carbocycles. The van der Waals surface area contributed by atoms with Crippen LogP contribution >= 0.6 is 0 Å². The maximum atomic E-state index is 9.16. The van der Waals surface area contributed by atoms with E-state index in [9.17, 15) is 0 Å². The van der Waals surface area contributed by atoms with Gasteiger partial charge in [-0.1, -0.05) is 29.8 Å². The Bertz CT molecular complexity index is 634. The van der Waals surface area contributed by atoms with Gasteiger partial charge in [0.15, 0.2) is 5.82 Å². The minimum absolute atomic E-state index is 0.410.